The van der Waals surface area contributed by atoms with Crippen molar-refractivity contribution >= 4 is 12.0 Å². The number of nitrogens with two attached hydrogens (primary N) is 1. The number of likely N-dealkylation sites (tertiary alicyclic amines) is 1. The third-order valence-corrected chi connectivity index (χ3v) is 5.16. The number of nitrogens with one attached hydrogen (secondary N) is 1. The number of amides is 2. The fourth-order valence-corrected chi connectivity index (χ4v) is 4.06. The first-order valence-electron chi connectivity index (χ1n) is 8.80. The molecule has 1 aliphatic carbocycles. The zero-order chi connectivity index (χ0) is 17.3. The van der Waals surface area contributed by atoms with Crippen LogP contribution in [0.4, 0.5) is 10.7 Å². The molecule has 132 valence electrons. The van der Waals surface area contributed by atoms with Crippen molar-refractivity contribution < 1.29 is 4.79 Å². The lowest BCUT2D eigenvalue weighted by molar-refractivity contribution is 0.0633. The molecule has 0 spiro atoms. The van der Waals surface area contributed by atoms with E-state index in [2.05, 4.69) is 27.1 Å². The number of hydrogen-bond donors (Lipinski definition) is 2. The molecular formula is C17H28N6O. The van der Waals surface area contributed by atoms with Crippen molar-refractivity contribution in [2.75, 3.05) is 32.9 Å². The molecule has 1 aromatic rings. The summed E-state index contributed by atoms with van der Waals surface area (Å²) in [6, 6.07) is 0.684. The van der Waals surface area contributed by atoms with Crippen LogP contribution in [-0.4, -0.2) is 65.1 Å². The maximum Gasteiger partial charge on any atom is 0.317 e. The smallest absolute Gasteiger partial charge is 0.317 e. The molecular weight excluding hydrogens is 304 g/mol. The molecule has 1 saturated heterocycles. The van der Waals surface area contributed by atoms with E-state index in [0.29, 0.717) is 17.9 Å². The minimum absolute atomic E-state index is 0.0160. The minimum Gasteiger partial charge on any atom is -0.368 e. The highest BCUT2D eigenvalue weighted by molar-refractivity contribution is 5.73. The second-order valence-corrected chi connectivity index (χ2v) is 7.21. The Kier molecular flexibility index (Phi) is 4.89. The fourth-order valence-electron chi connectivity index (χ4n) is 4.06. The quantitative estimate of drug-likeness (QED) is 0.859. The first-order chi connectivity index (χ1) is 11.5. The van der Waals surface area contributed by atoms with Crippen molar-refractivity contribution in [3.05, 3.63) is 17.5 Å². The van der Waals surface area contributed by atoms with Gasteiger partial charge in [0.1, 0.15) is 0 Å². The molecule has 0 bridgehead atoms. The van der Waals surface area contributed by atoms with Gasteiger partial charge in [0.05, 0.1) is 0 Å². The normalized spacial score (nSPS) is 26.4. The Morgan fingerprint density at radius 2 is 2.25 bits per heavy atom. The molecule has 2 amide bonds. The molecule has 1 fully saturated rings. The fraction of sp³-hybridized carbons (Fsp3) is 0.706. The van der Waals surface area contributed by atoms with Crippen molar-refractivity contribution in [1.29, 1.82) is 0 Å². The standard InChI is InChI=1S/C17H28N6O/c1-4-5-23-10-13(20-17(24)22(2)3)6-11-7-14-12(8-15(11)23)9-19-16(18)21-14/h9,11,13,15H,4-8,10H2,1-3H3,(H,20,24)(H2,18,19,21)/t11-,13+,15-/m1/s1. The number of fused-ring (bicyclic) bond motifs is 2. The zero-order valence-electron chi connectivity index (χ0n) is 14.8. The van der Waals surface area contributed by atoms with Gasteiger partial charge >= 0.3 is 6.03 Å². The number of aromatic nitrogens is 2. The molecule has 3 rings (SSSR count). The molecule has 2 aliphatic rings. The summed E-state index contributed by atoms with van der Waals surface area (Å²) < 4.78 is 0. The van der Waals surface area contributed by atoms with Crippen molar-refractivity contribution in [3.63, 3.8) is 0 Å². The van der Waals surface area contributed by atoms with Gasteiger partial charge in [0.15, 0.2) is 0 Å². The first kappa shape index (κ1) is 17.0. The predicted molar refractivity (Wildman–Crippen MR) is 93.6 cm³/mol. The topological polar surface area (TPSA) is 87.4 Å². The van der Waals surface area contributed by atoms with E-state index in [9.17, 15) is 4.79 Å². The summed E-state index contributed by atoms with van der Waals surface area (Å²) in [7, 11) is 3.56. The van der Waals surface area contributed by atoms with Crippen LogP contribution in [0.1, 0.15) is 31.0 Å². The van der Waals surface area contributed by atoms with E-state index in [1.54, 1.807) is 19.0 Å². The van der Waals surface area contributed by atoms with E-state index in [-0.39, 0.29) is 12.1 Å². The number of piperidine rings is 1. The highest BCUT2D eigenvalue weighted by Crippen LogP contribution is 2.34. The average Bonchev–Trinajstić information content (AvgIpc) is 2.53. The molecule has 0 radical (unpaired) electrons. The van der Waals surface area contributed by atoms with E-state index in [0.717, 1.165) is 44.5 Å². The van der Waals surface area contributed by atoms with Gasteiger partial charge in [0, 0.05) is 44.6 Å². The lowest BCUT2D eigenvalue weighted by atomic mass is 9.76. The summed E-state index contributed by atoms with van der Waals surface area (Å²) in [5, 5.41) is 3.16. The number of hydrogen-bond acceptors (Lipinski definition) is 5. The Morgan fingerprint density at radius 1 is 1.46 bits per heavy atom. The van der Waals surface area contributed by atoms with E-state index in [1.807, 2.05) is 6.20 Å². The maximum atomic E-state index is 12.0. The van der Waals surface area contributed by atoms with Crippen LogP contribution in [0.5, 0.6) is 0 Å². The Bertz CT molecular complexity index is 605. The highest BCUT2D eigenvalue weighted by Gasteiger charge is 2.39. The summed E-state index contributed by atoms with van der Waals surface area (Å²) in [6.45, 7) is 4.18. The lowest BCUT2D eigenvalue weighted by Gasteiger charge is -2.47. The first-order valence-corrected chi connectivity index (χ1v) is 8.80. The van der Waals surface area contributed by atoms with E-state index < -0.39 is 0 Å². The monoisotopic (exact) mass is 332 g/mol. The molecule has 3 atom stereocenters. The molecule has 1 aromatic heterocycles. The van der Waals surface area contributed by atoms with Crippen LogP contribution in [0, 0.1) is 5.92 Å². The van der Waals surface area contributed by atoms with Gasteiger partial charge in [0.25, 0.3) is 0 Å². The van der Waals surface area contributed by atoms with Crippen LogP contribution in [0.25, 0.3) is 0 Å². The van der Waals surface area contributed by atoms with Crippen LogP contribution in [0.15, 0.2) is 6.20 Å². The third-order valence-electron chi connectivity index (χ3n) is 5.16. The Labute approximate surface area is 143 Å². The highest BCUT2D eigenvalue weighted by atomic mass is 16.2. The number of carbonyl (C=O) groups excluding carboxylic acids is 1. The van der Waals surface area contributed by atoms with Gasteiger partial charge in [-0.2, -0.15) is 0 Å². The maximum absolute atomic E-state index is 12.0. The van der Waals surface area contributed by atoms with Gasteiger partial charge in [0.2, 0.25) is 5.95 Å². The van der Waals surface area contributed by atoms with Crippen LogP contribution >= 0.6 is 0 Å². The van der Waals surface area contributed by atoms with Crippen molar-refractivity contribution in [1.82, 2.24) is 25.1 Å². The molecule has 0 aromatic carbocycles. The second-order valence-electron chi connectivity index (χ2n) is 7.21. The molecule has 2 heterocycles. The number of nitrogen functional groups attached to an aromatic ring is 1. The summed E-state index contributed by atoms with van der Waals surface area (Å²) in [6.07, 6.45) is 5.89. The van der Waals surface area contributed by atoms with Crippen molar-refractivity contribution in [2.45, 2.75) is 44.7 Å². The molecule has 0 unspecified atom stereocenters. The molecule has 0 saturated carbocycles. The minimum atomic E-state index is -0.0160. The van der Waals surface area contributed by atoms with Crippen LogP contribution in [0.2, 0.25) is 0 Å². The number of rotatable bonds is 3. The lowest BCUT2D eigenvalue weighted by Crippen LogP contribution is -2.58. The average molecular weight is 332 g/mol. The van der Waals surface area contributed by atoms with Gasteiger partial charge in [-0.1, -0.05) is 6.92 Å². The summed E-state index contributed by atoms with van der Waals surface area (Å²) in [5.41, 5.74) is 8.06. The van der Waals surface area contributed by atoms with Gasteiger partial charge in [-0.25, -0.2) is 14.8 Å². The Hall–Kier alpha value is -1.89. The summed E-state index contributed by atoms with van der Waals surface area (Å²) in [4.78, 5) is 24.8. The second kappa shape index (κ2) is 6.93. The molecule has 7 nitrogen and oxygen atoms in total. The van der Waals surface area contributed by atoms with Crippen molar-refractivity contribution in [3.8, 4) is 0 Å². The van der Waals surface area contributed by atoms with Gasteiger partial charge in [-0.3, -0.25) is 4.90 Å². The molecule has 7 heteroatoms. The van der Waals surface area contributed by atoms with E-state index >= 15 is 0 Å². The van der Waals surface area contributed by atoms with Crippen LogP contribution in [0.3, 0.4) is 0 Å². The molecule has 3 N–H and O–H groups in total. The van der Waals surface area contributed by atoms with E-state index in [4.69, 9.17) is 5.73 Å². The summed E-state index contributed by atoms with van der Waals surface area (Å²) >= 11 is 0. The number of carbonyl (C=O) groups is 1. The zero-order valence-corrected chi connectivity index (χ0v) is 14.8. The summed E-state index contributed by atoms with van der Waals surface area (Å²) in [5.74, 6) is 0.852. The Morgan fingerprint density at radius 3 is 2.96 bits per heavy atom. The van der Waals surface area contributed by atoms with Gasteiger partial charge in [-0.05, 0) is 43.7 Å². The molecule has 24 heavy (non-hydrogen) atoms. The number of nitrogens with zero attached hydrogens (tertiary/aromatic N) is 4. The van der Waals surface area contributed by atoms with E-state index in [1.165, 1.54) is 5.56 Å². The number of urea groups is 1. The molecule has 1 aliphatic heterocycles. The Balaban J connectivity index is 1.78. The van der Waals surface area contributed by atoms with Crippen LogP contribution < -0.4 is 11.1 Å². The van der Waals surface area contributed by atoms with Crippen molar-refractivity contribution in [2.24, 2.45) is 5.92 Å². The number of anilines is 1. The van der Waals surface area contributed by atoms with Gasteiger partial charge < -0.3 is 16.0 Å². The van der Waals surface area contributed by atoms with Gasteiger partial charge in [-0.15, -0.1) is 0 Å². The van der Waals surface area contributed by atoms with Crippen LogP contribution in [-0.2, 0) is 12.8 Å². The third kappa shape index (κ3) is 3.45. The largest absolute Gasteiger partial charge is 0.368 e. The SMILES string of the molecule is CCCN1C[C@@H](NC(=O)N(C)C)C[C@@H]2Cc3nc(N)ncc3C[C@H]21. The predicted octanol–water partition coefficient (Wildman–Crippen LogP) is 0.898.